The van der Waals surface area contributed by atoms with E-state index in [9.17, 15) is 13.6 Å². The zero-order chi connectivity index (χ0) is 17.9. The van der Waals surface area contributed by atoms with Gasteiger partial charge in [0.05, 0.1) is 5.56 Å². The van der Waals surface area contributed by atoms with Crippen LogP contribution in [0.25, 0.3) is 0 Å². The van der Waals surface area contributed by atoms with Gasteiger partial charge < -0.3 is 5.11 Å². The van der Waals surface area contributed by atoms with E-state index >= 15 is 0 Å². The molecule has 0 atom stereocenters. The summed E-state index contributed by atoms with van der Waals surface area (Å²) in [6.45, 7) is 1.99. The Morgan fingerprint density at radius 1 is 1.17 bits per heavy atom. The van der Waals surface area contributed by atoms with Crippen LogP contribution in [-0.4, -0.2) is 11.1 Å². The first-order valence-electron chi connectivity index (χ1n) is 7.27. The van der Waals surface area contributed by atoms with Crippen LogP contribution >= 0.6 is 0 Å². The number of carboxylic acids is 1. The molecule has 24 heavy (non-hydrogen) atoms. The standard InChI is InChI=1S/C12H14O2.C7H3F2N/c1-2-3-4-5-10-6-8-11(9-7-10)12(13)14;8-6-2-1-3-7(9)5(6)4-10/h2-3,6-9H,4-5H2,1H3,(H,13,14);1-3H/b3-2+;. The third kappa shape index (κ3) is 6.01. The molecule has 0 heterocycles. The van der Waals surface area contributed by atoms with Gasteiger partial charge in [0.15, 0.2) is 0 Å². The van der Waals surface area contributed by atoms with Crippen molar-refractivity contribution in [3.63, 3.8) is 0 Å². The Kier molecular flexibility index (Phi) is 7.86. The molecule has 0 saturated heterocycles. The van der Waals surface area contributed by atoms with Crippen molar-refractivity contribution in [3.05, 3.63) is 82.9 Å². The summed E-state index contributed by atoms with van der Waals surface area (Å²) >= 11 is 0. The quantitative estimate of drug-likeness (QED) is 0.825. The number of aryl methyl sites for hydroxylation is 1. The van der Waals surface area contributed by atoms with Crippen LogP contribution in [-0.2, 0) is 6.42 Å². The lowest BCUT2D eigenvalue weighted by Crippen LogP contribution is -1.95. The third-order valence-corrected chi connectivity index (χ3v) is 3.11. The second-order valence-electron chi connectivity index (χ2n) is 4.82. The van der Waals surface area contributed by atoms with Crippen molar-refractivity contribution in [2.75, 3.05) is 0 Å². The van der Waals surface area contributed by atoms with E-state index in [1.165, 1.54) is 17.7 Å². The highest BCUT2D eigenvalue weighted by Crippen LogP contribution is 2.09. The summed E-state index contributed by atoms with van der Waals surface area (Å²) in [4.78, 5) is 10.6. The van der Waals surface area contributed by atoms with E-state index in [0.29, 0.717) is 5.56 Å². The van der Waals surface area contributed by atoms with Gasteiger partial charge in [0, 0.05) is 0 Å². The van der Waals surface area contributed by atoms with Gasteiger partial charge in [0.1, 0.15) is 23.3 Å². The fraction of sp³-hybridized carbons (Fsp3) is 0.158. The van der Waals surface area contributed by atoms with E-state index in [2.05, 4.69) is 6.08 Å². The molecular weight excluding hydrogens is 312 g/mol. The van der Waals surface area contributed by atoms with Crippen LogP contribution in [0.5, 0.6) is 0 Å². The molecule has 2 aromatic rings. The van der Waals surface area contributed by atoms with Crippen LogP contribution in [0.3, 0.4) is 0 Å². The minimum absolute atomic E-state index is 0.347. The van der Waals surface area contributed by atoms with Crippen molar-refractivity contribution >= 4 is 5.97 Å². The normalized spacial score (nSPS) is 9.92. The zero-order valence-corrected chi connectivity index (χ0v) is 13.2. The fourth-order valence-corrected chi connectivity index (χ4v) is 1.84. The van der Waals surface area contributed by atoms with Crippen LogP contribution < -0.4 is 0 Å². The minimum atomic E-state index is -0.870. The number of rotatable bonds is 4. The van der Waals surface area contributed by atoms with Gasteiger partial charge in [-0.3, -0.25) is 0 Å². The Hall–Kier alpha value is -3.00. The van der Waals surface area contributed by atoms with Crippen LogP contribution in [0.2, 0.25) is 0 Å². The highest BCUT2D eigenvalue weighted by Gasteiger charge is 2.05. The predicted octanol–water partition coefficient (Wildman–Crippen LogP) is 4.73. The molecule has 3 nitrogen and oxygen atoms in total. The van der Waals surface area contributed by atoms with Crippen LogP contribution in [0.15, 0.2) is 54.6 Å². The van der Waals surface area contributed by atoms with E-state index in [4.69, 9.17) is 10.4 Å². The summed E-state index contributed by atoms with van der Waals surface area (Å²) < 4.78 is 24.8. The lowest BCUT2D eigenvalue weighted by molar-refractivity contribution is 0.0697. The maximum Gasteiger partial charge on any atom is 0.335 e. The maximum absolute atomic E-state index is 12.4. The van der Waals surface area contributed by atoms with Crippen molar-refractivity contribution in [3.8, 4) is 6.07 Å². The molecule has 2 aromatic carbocycles. The number of aromatic carboxylic acids is 1. The molecule has 0 unspecified atom stereocenters. The number of nitriles is 1. The highest BCUT2D eigenvalue weighted by atomic mass is 19.1. The van der Waals surface area contributed by atoms with Gasteiger partial charge in [-0.25, -0.2) is 13.6 Å². The average Bonchev–Trinajstić information content (AvgIpc) is 2.56. The second kappa shape index (κ2) is 9.90. The number of carboxylic acid groups (broad SMARTS) is 1. The van der Waals surface area contributed by atoms with Crippen molar-refractivity contribution in [2.45, 2.75) is 19.8 Å². The molecule has 2 rings (SSSR count). The lowest BCUT2D eigenvalue weighted by atomic mass is 10.1. The van der Waals surface area contributed by atoms with Gasteiger partial charge in [0.2, 0.25) is 0 Å². The van der Waals surface area contributed by atoms with Crippen molar-refractivity contribution in [1.29, 1.82) is 5.26 Å². The van der Waals surface area contributed by atoms with E-state index in [0.717, 1.165) is 25.0 Å². The molecule has 0 spiro atoms. The Bertz CT molecular complexity index is 727. The van der Waals surface area contributed by atoms with E-state index in [1.807, 2.05) is 25.1 Å². The Labute approximate surface area is 139 Å². The highest BCUT2D eigenvalue weighted by molar-refractivity contribution is 5.87. The topological polar surface area (TPSA) is 61.1 Å². The summed E-state index contributed by atoms with van der Waals surface area (Å²) in [5.41, 5.74) is 0.996. The molecule has 0 aliphatic carbocycles. The summed E-state index contributed by atoms with van der Waals surface area (Å²) in [7, 11) is 0. The Morgan fingerprint density at radius 3 is 2.17 bits per heavy atom. The van der Waals surface area contributed by atoms with Crippen LogP contribution in [0, 0.1) is 23.0 Å². The second-order valence-corrected chi connectivity index (χ2v) is 4.82. The van der Waals surface area contributed by atoms with Gasteiger partial charge >= 0.3 is 5.97 Å². The molecule has 0 radical (unpaired) electrons. The first kappa shape index (κ1) is 19.0. The van der Waals surface area contributed by atoms with Crippen molar-refractivity contribution in [2.24, 2.45) is 0 Å². The maximum atomic E-state index is 12.4. The third-order valence-electron chi connectivity index (χ3n) is 3.11. The largest absolute Gasteiger partial charge is 0.478 e. The number of halogens is 2. The molecule has 0 aliphatic heterocycles. The number of allylic oxidation sites excluding steroid dienone is 2. The molecule has 0 aliphatic rings. The van der Waals surface area contributed by atoms with Crippen LogP contribution in [0.1, 0.15) is 34.8 Å². The average molecular weight is 329 g/mol. The molecule has 0 saturated carbocycles. The smallest absolute Gasteiger partial charge is 0.335 e. The van der Waals surface area contributed by atoms with Gasteiger partial charge in [-0.05, 0) is 49.6 Å². The van der Waals surface area contributed by atoms with Crippen LogP contribution in [0.4, 0.5) is 8.78 Å². The molecule has 1 N–H and O–H groups in total. The van der Waals surface area contributed by atoms with E-state index in [1.54, 1.807) is 12.1 Å². The lowest BCUT2D eigenvalue weighted by Gasteiger charge is -1.99. The monoisotopic (exact) mass is 329 g/mol. The number of carbonyl (C=O) groups is 1. The van der Waals surface area contributed by atoms with E-state index < -0.39 is 23.2 Å². The Balaban J connectivity index is 0.000000254. The summed E-state index contributed by atoms with van der Waals surface area (Å²) in [5.74, 6) is -2.50. The van der Waals surface area contributed by atoms with E-state index in [-0.39, 0.29) is 0 Å². The molecule has 0 amide bonds. The molecule has 0 bridgehead atoms. The minimum Gasteiger partial charge on any atom is -0.478 e. The van der Waals surface area contributed by atoms with Gasteiger partial charge in [-0.1, -0.05) is 30.4 Å². The SMILES string of the molecule is C/C=C/CCc1ccc(C(=O)O)cc1.N#Cc1c(F)cccc1F. The van der Waals surface area contributed by atoms with Gasteiger partial charge in [-0.15, -0.1) is 0 Å². The Morgan fingerprint density at radius 2 is 1.75 bits per heavy atom. The fourth-order valence-electron chi connectivity index (χ4n) is 1.84. The summed E-state index contributed by atoms with van der Waals surface area (Å²) in [6.07, 6.45) is 6.09. The van der Waals surface area contributed by atoms with Crippen molar-refractivity contribution in [1.82, 2.24) is 0 Å². The molecule has 0 aromatic heterocycles. The first-order valence-corrected chi connectivity index (χ1v) is 7.27. The predicted molar refractivity (Wildman–Crippen MR) is 87.6 cm³/mol. The number of hydrogen-bond donors (Lipinski definition) is 1. The number of nitrogens with zero attached hydrogens (tertiary/aromatic N) is 1. The molecule has 124 valence electrons. The number of hydrogen-bond acceptors (Lipinski definition) is 2. The number of benzene rings is 2. The molecule has 5 heteroatoms. The van der Waals surface area contributed by atoms with Gasteiger partial charge in [-0.2, -0.15) is 5.26 Å². The zero-order valence-electron chi connectivity index (χ0n) is 13.2. The summed E-state index contributed by atoms with van der Waals surface area (Å²) in [5, 5.41) is 16.8. The van der Waals surface area contributed by atoms with Gasteiger partial charge in [0.25, 0.3) is 0 Å². The van der Waals surface area contributed by atoms with Crippen molar-refractivity contribution < 1.29 is 18.7 Å². The molecule has 0 fully saturated rings. The first-order chi connectivity index (χ1) is 11.5. The molecular formula is C19H17F2NO2. The summed E-state index contributed by atoms with van der Waals surface area (Å²) in [6, 6.07) is 11.7.